The van der Waals surface area contributed by atoms with Crippen LogP contribution in [0.4, 0.5) is 0 Å². The summed E-state index contributed by atoms with van der Waals surface area (Å²) in [4.78, 5) is 13.9. The SMILES string of the molecule is COc1ccc(-c2noc(-c3ccc(OC)cc3)c2C(=O)c2cccs2)cc1. The van der Waals surface area contributed by atoms with Gasteiger partial charge in [-0.25, -0.2) is 0 Å². The highest BCUT2D eigenvalue weighted by Gasteiger charge is 2.26. The van der Waals surface area contributed by atoms with Crippen molar-refractivity contribution < 1.29 is 18.8 Å². The minimum Gasteiger partial charge on any atom is -0.497 e. The fourth-order valence-corrected chi connectivity index (χ4v) is 3.59. The average Bonchev–Trinajstić information content (AvgIpc) is 3.44. The number of rotatable bonds is 6. The normalized spacial score (nSPS) is 10.6. The smallest absolute Gasteiger partial charge is 0.209 e. The van der Waals surface area contributed by atoms with Crippen molar-refractivity contribution in [2.45, 2.75) is 0 Å². The van der Waals surface area contributed by atoms with Crippen molar-refractivity contribution >= 4 is 17.1 Å². The molecule has 4 aromatic rings. The zero-order valence-electron chi connectivity index (χ0n) is 15.3. The van der Waals surface area contributed by atoms with Crippen LogP contribution in [0.25, 0.3) is 22.6 Å². The molecule has 0 atom stereocenters. The van der Waals surface area contributed by atoms with Crippen molar-refractivity contribution in [2.75, 3.05) is 14.2 Å². The highest BCUT2D eigenvalue weighted by atomic mass is 32.1. The van der Waals surface area contributed by atoms with E-state index in [1.54, 1.807) is 20.3 Å². The minimum absolute atomic E-state index is 0.118. The van der Waals surface area contributed by atoms with Gasteiger partial charge in [0.25, 0.3) is 0 Å². The molecule has 0 radical (unpaired) electrons. The number of hydrogen-bond acceptors (Lipinski definition) is 6. The molecule has 2 aromatic carbocycles. The molecular weight excluding hydrogens is 374 g/mol. The first-order chi connectivity index (χ1) is 13.7. The average molecular weight is 391 g/mol. The van der Waals surface area contributed by atoms with Crippen molar-refractivity contribution in [3.8, 4) is 34.1 Å². The van der Waals surface area contributed by atoms with Crippen LogP contribution >= 0.6 is 11.3 Å². The van der Waals surface area contributed by atoms with Gasteiger partial charge in [-0.2, -0.15) is 0 Å². The van der Waals surface area contributed by atoms with E-state index in [4.69, 9.17) is 14.0 Å². The van der Waals surface area contributed by atoms with Crippen molar-refractivity contribution in [3.05, 3.63) is 76.5 Å². The Balaban J connectivity index is 1.86. The monoisotopic (exact) mass is 391 g/mol. The number of carbonyl (C=O) groups is 1. The lowest BCUT2D eigenvalue weighted by Crippen LogP contribution is -2.01. The van der Waals surface area contributed by atoms with E-state index >= 15 is 0 Å². The number of ether oxygens (including phenoxy) is 2. The third-order valence-electron chi connectivity index (χ3n) is 4.38. The maximum absolute atomic E-state index is 13.3. The molecule has 2 heterocycles. The van der Waals surface area contributed by atoms with Gasteiger partial charge >= 0.3 is 0 Å². The Bertz CT molecular complexity index is 1020. The fourth-order valence-electron chi connectivity index (χ4n) is 2.92. The molecule has 0 aliphatic carbocycles. The molecule has 2 aromatic heterocycles. The molecule has 0 fully saturated rings. The Kier molecular flexibility index (Phi) is 4.95. The van der Waals surface area contributed by atoms with E-state index < -0.39 is 0 Å². The largest absolute Gasteiger partial charge is 0.497 e. The van der Waals surface area contributed by atoms with Crippen molar-refractivity contribution in [3.63, 3.8) is 0 Å². The molecule has 5 nitrogen and oxygen atoms in total. The first kappa shape index (κ1) is 18.0. The summed E-state index contributed by atoms with van der Waals surface area (Å²) in [5, 5.41) is 6.10. The topological polar surface area (TPSA) is 61.6 Å². The number of benzene rings is 2. The summed E-state index contributed by atoms with van der Waals surface area (Å²) in [6.07, 6.45) is 0. The molecule has 0 N–H and O–H groups in total. The number of hydrogen-bond donors (Lipinski definition) is 0. The first-order valence-electron chi connectivity index (χ1n) is 8.58. The van der Waals surface area contributed by atoms with E-state index in [2.05, 4.69) is 5.16 Å². The van der Waals surface area contributed by atoms with Crippen LogP contribution < -0.4 is 9.47 Å². The van der Waals surface area contributed by atoms with Crippen LogP contribution in [0.2, 0.25) is 0 Å². The number of aromatic nitrogens is 1. The summed E-state index contributed by atoms with van der Waals surface area (Å²) in [5.74, 6) is 1.78. The lowest BCUT2D eigenvalue weighted by molar-refractivity contribution is 0.104. The lowest BCUT2D eigenvalue weighted by atomic mass is 9.98. The summed E-state index contributed by atoms with van der Waals surface area (Å²) >= 11 is 1.39. The van der Waals surface area contributed by atoms with Crippen LogP contribution in [0.15, 0.2) is 70.6 Å². The third kappa shape index (κ3) is 3.30. The van der Waals surface area contributed by atoms with Crippen LogP contribution in [0.5, 0.6) is 11.5 Å². The van der Waals surface area contributed by atoms with Gasteiger partial charge in [0.2, 0.25) is 5.78 Å². The molecule has 140 valence electrons. The molecule has 0 saturated carbocycles. The van der Waals surface area contributed by atoms with Gasteiger partial charge in [-0.05, 0) is 60.0 Å². The van der Waals surface area contributed by atoms with Gasteiger partial charge in [-0.3, -0.25) is 4.79 Å². The molecule has 0 bridgehead atoms. The summed E-state index contributed by atoms with van der Waals surface area (Å²) < 4.78 is 16.1. The summed E-state index contributed by atoms with van der Waals surface area (Å²) in [5.41, 5.74) is 2.49. The minimum atomic E-state index is -0.118. The quantitative estimate of drug-likeness (QED) is 0.416. The molecule has 4 rings (SSSR count). The fraction of sp³-hybridized carbons (Fsp3) is 0.0909. The number of nitrogens with zero attached hydrogens (tertiary/aromatic N) is 1. The van der Waals surface area contributed by atoms with Crippen molar-refractivity contribution in [1.82, 2.24) is 5.16 Å². The second-order valence-corrected chi connectivity index (χ2v) is 6.95. The molecule has 0 aliphatic rings. The van der Waals surface area contributed by atoms with Crippen LogP contribution in [0.1, 0.15) is 15.2 Å². The summed E-state index contributed by atoms with van der Waals surface area (Å²) in [7, 11) is 3.22. The lowest BCUT2D eigenvalue weighted by Gasteiger charge is -2.05. The Hall–Kier alpha value is -3.38. The number of carbonyl (C=O) groups excluding carboxylic acids is 1. The standard InChI is InChI=1S/C22H17NO4S/c1-25-16-9-5-14(6-10-16)20-19(21(24)18-4-3-13-28-18)22(27-23-20)15-7-11-17(26-2)12-8-15/h3-13H,1-2H3. The summed E-state index contributed by atoms with van der Waals surface area (Å²) in [6, 6.07) is 18.4. The van der Waals surface area contributed by atoms with Gasteiger partial charge in [0, 0.05) is 11.1 Å². The predicted molar refractivity (Wildman–Crippen MR) is 108 cm³/mol. The Labute approximate surface area is 166 Å². The molecular formula is C22H17NO4S. The number of methoxy groups -OCH3 is 2. The molecule has 0 saturated heterocycles. The second kappa shape index (κ2) is 7.70. The van der Waals surface area contributed by atoms with Crippen LogP contribution in [0, 0.1) is 0 Å². The van der Waals surface area contributed by atoms with Crippen LogP contribution in [-0.2, 0) is 0 Å². The maximum Gasteiger partial charge on any atom is 0.209 e. The van der Waals surface area contributed by atoms with E-state index in [-0.39, 0.29) is 5.78 Å². The highest BCUT2D eigenvalue weighted by molar-refractivity contribution is 7.12. The Morgan fingerprint density at radius 2 is 1.50 bits per heavy atom. The van der Waals surface area contributed by atoms with Gasteiger partial charge in [-0.15, -0.1) is 11.3 Å². The predicted octanol–water partition coefficient (Wildman–Crippen LogP) is 5.32. The summed E-state index contributed by atoms with van der Waals surface area (Å²) in [6.45, 7) is 0. The zero-order valence-corrected chi connectivity index (χ0v) is 16.2. The molecule has 28 heavy (non-hydrogen) atoms. The van der Waals surface area contributed by atoms with Crippen molar-refractivity contribution in [2.24, 2.45) is 0 Å². The zero-order chi connectivity index (χ0) is 19.5. The highest BCUT2D eigenvalue weighted by Crippen LogP contribution is 2.35. The molecule has 0 spiro atoms. The molecule has 6 heteroatoms. The number of ketones is 1. The molecule has 0 unspecified atom stereocenters. The Morgan fingerprint density at radius 1 is 0.893 bits per heavy atom. The van der Waals surface area contributed by atoms with Gasteiger partial charge in [0.05, 0.1) is 24.7 Å². The third-order valence-corrected chi connectivity index (χ3v) is 5.25. The van der Waals surface area contributed by atoms with E-state index in [1.165, 1.54) is 11.3 Å². The van der Waals surface area contributed by atoms with E-state index in [0.29, 0.717) is 21.9 Å². The van der Waals surface area contributed by atoms with Crippen LogP contribution in [-0.4, -0.2) is 25.2 Å². The van der Waals surface area contributed by atoms with E-state index in [9.17, 15) is 4.79 Å². The van der Waals surface area contributed by atoms with Gasteiger partial charge < -0.3 is 14.0 Å². The Morgan fingerprint density at radius 3 is 2.04 bits per heavy atom. The van der Waals surface area contributed by atoms with Gasteiger partial charge in [-0.1, -0.05) is 11.2 Å². The first-order valence-corrected chi connectivity index (χ1v) is 9.46. The number of thiophene rings is 1. The maximum atomic E-state index is 13.3. The van der Waals surface area contributed by atoms with Gasteiger partial charge in [0.1, 0.15) is 17.2 Å². The molecule has 0 amide bonds. The van der Waals surface area contributed by atoms with E-state index in [1.807, 2.05) is 60.0 Å². The van der Waals surface area contributed by atoms with Crippen molar-refractivity contribution in [1.29, 1.82) is 0 Å². The van der Waals surface area contributed by atoms with Crippen LogP contribution in [0.3, 0.4) is 0 Å². The second-order valence-electron chi connectivity index (χ2n) is 6.00. The molecule has 0 aliphatic heterocycles. The van der Waals surface area contributed by atoms with E-state index in [0.717, 1.165) is 22.6 Å². The van der Waals surface area contributed by atoms with Gasteiger partial charge in [0.15, 0.2) is 5.76 Å².